The lowest BCUT2D eigenvalue weighted by Gasteiger charge is -1.98. The molecule has 0 spiro atoms. The normalized spacial score (nSPS) is 10.7. The average Bonchev–Trinajstić information content (AvgIpc) is 2.79. The fourth-order valence-electron chi connectivity index (χ4n) is 1.41. The van der Waals surface area contributed by atoms with Crippen molar-refractivity contribution in [1.82, 2.24) is 0 Å². The Morgan fingerprint density at radius 1 is 0.933 bits per heavy atom. The molecule has 15 heavy (non-hydrogen) atoms. The monoisotopic (exact) mass is 196 g/mol. The lowest BCUT2D eigenvalue weighted by molar-refractivity contribution is 0.557. The summed E-state index contributed by atoms with van der Waals surface area (Å²) in [6, 6.07) is 11.9. The molecule has 1 aromatic carbocycles. The van der Waals surface area contributed by atoms with Crippen molar-refractivity contribution in [1.29, 1.82) is 0 Å². The summed E-state index contributed by atoms with van der Waals surface area (Å²) in [5.41, 5.74) is 2.27. The van der Waals surface area contributed by atoms with Crippen molar-refractivity contribution in [2.45, 2.75) is 0 Å². The minimum absolute atomic E-state index is 0.855. The van der Waals surface area contributed by atoms with Gasteiger partial charge in [-0.25, -0.2) is 0 Å². The minimum atomic E-state index is 0.855. The summed E-state index contributed by atoms with van der Waals surface area (Å²) < 4.78 is 5.22. The number of furan rings is 1. The first-order valence-corrected chi connectivity index (χ1v) is 4.83. The summed E-state index contributed by atoms with van der Waals surface area (Å²) in [6.07, 6.45) is 7.49. The minimum Gasteiger partial charge on any atom is -0.465 e. The molecule has 0 unspecified atom stereocenters. The van der Waals surface area contributed by atoms with Crippen LogP contribution in [0.15, 0.2) is 53.7 Å². The van der Waals surface area contributed by atoms with Gasteiger partial charge in [-0.1, -0.05) is 43.0 Å². The molecule has 1 nitrogen and oxygen atoms in total. The summed E-state index contributed by atoms with van der Waals surface area (Å²) in [7, 11) is 0. The maximum atomic E-state index is 5.22. The maximum Gasteiger partial charge on any atom is 0.126 e. The van der Waals surface area contributed by atoms with Gasteiger partial charge >= 0.3 is 0 Å². The molecule has 2 rings (SSSR count). The number of rotatable bonds is 3. The van der Waals surface area contributed by atoms with Gasteiger partial charge in [0.05, 0.1) is 6.26 Å². The van der Waals surface area contributed by atoms with Gasteiger partial charge in [-0.2, -0.15) is 0 Å². The lowest BCUT2D eigenvalue weighted by Crippen LogP contribution is -1.77. The molecule has 0 saturated heterocycles. The van der Waals surface area contributed by atoms with Crippen molar-refractivity contribution in [2.75, 3.05) is 0 Å². The van der Waals surface area contributed by atoms with Gasteiger partial charge in [0.25, 0.3) is 0 Å². The highest BCUT2D eigenvalue weighted by atomic mass is 16.3. The van der Waals surface area contributed by atoms with Crippen molar-refractivity contribution in [2.24, 2.45) is 0 Å². The molecular formula is C14H12O. The summed E-state index contributed by atoms with van der Waals surface area (Å²) >= 11 is 0. The van der Waals surface area contributed by atoms with Gasteiger partial charge in [-0.15, -0.1) is 0 Å². The number of hydrogen-bond donors (Lipinski definition) is 0. The molecule has 1 heterocycles. The SMILES string of the molecule is C=Cc1ccccc1/C=C/c1ccco1. The van der Waals surface area contributed by atoms with Crippen molar-refractivity contribution in [3.8, 4) is 0 Å². The fraction of sp³-hybridized carbons (Fsp3) is 0. The third kappa shape index (κ3) is 2.26. The van der Waals surface area contributed by atoms with Crippen LogP contribution in [0, 0.1) is 0 Å². The molecule has 0 atom stereocenters. The first-order chi connectivity index (χ1) is 7.40. The second kappa shape index (κ2) is 4.47. The molecule has 0 aliphatic carbocycles. The van der Waals surface area contributed by atoms with Crippen molar-refractivity contribution >= 4 is 18.2 Å². The van der Waals surface area contributed by atoms with Crippen LogP contribution in [0.3, 0.4) is 0 Å². The Balaban J connectivity index is 2.27. The first kappa shape index (κ1) is 9.53. The van der Waals surface area contributed by atoms with Crippen molar-refractivity contribution in [3.05, 3.63) is 66.1 Å². The Morgan fingerprint density at radius 2 is 1.73 bits per heavy atom. The summed E-state index contributed by atoms with van der Waals surface area (Å²) in [5, 5.41) is 0. The quantitative estimate of drug-likeness (QED) is 0.720. The molecule has 0 N–H and O–H groups in total. The van der Waals surface area contributed by atoms with E-state index in [0.717, 1.165) is 16.9 Å². The van der Waals surface area contributed by atoms with E-state index in [0.29, 0.717) is 0 Å². The third-order valence-electron chi connectivity index (χ3n) is 2.19. The van der Waals surface area contributed by atoms with Gasteiger partial charge in [0.1, 0.15) is 5.76 Å². The zero-order valence-electron chi connectivity index (χ0n) is 8.39. The Hall–Kier alpha value is -2.02. The largest absolute Gasteiger partial charge is 0.465 e. The zero-order chi connectivity index (χ0) is 10.5. The second-order valence-electron chi connectivity index (χ2n) is 3.18. The molecule has 0 aliphatic rings. The van der Waals surface area contributed by atoms with Gasteiger partial charge in [0.15, 0.2) is 0 Å². The lowest BCUT2D eigenvalue weighted by atomic mass is 10.1. The van der Waals surface area contributed by atoms with Crippen LogP contribution in [0.5, 0.6) is 0 Å². The molecule has 0 fully saturated rings. The number of benzene rings is 1. The smallest absolute Gasteiger partial charge is 0.126 e. The molecule has 1 heteroatoms. The van der Waals surface area contributed by atoms with Crippen LogP contribution in [0.25, 0.3) is 18.2 Å². The van der Waals surface area contributed by atoms with E-state index >= 15 is 0 Å². The van der Waals surface area contributed by atoms with Crippen LogP contribution in [0.4, 0.5) is 0 Å². The predicted molar refractivity (Wildman–Crippen MR) is 64.2 cm³/mol. The Morgan fingerprint density at radius 3 is 2.40 bits per heavy atom. The van der Waals surface area contributed by atoms with E-state index in [1.807, 2.05) is 48.6 Å². The van der Waals surface area contributed by atoms with Gasteiger partial charge in [0, 0.05) is 0 Å². The van der Waals surface area contributed by atoms with Crippen LogP contribution in [0.1, 0.15) is 16.9 Å². The van der Waals surface area contributed by atoms with E-state index in [1.54, 1.807) is 6.26 Å². The third-order valence-corrected chi connectivity index (χ3v) is 2.19. The average molecular weight is 196 g/mol. The predicted octanol–water partition coefficient (Wildman–Crippen LogP) is 4.09. The van der Waals surface area contributed by atoms with Gasteiger partial charge in [-0.05, 0) is 29.3 Å². The zero-order valence-corrected chi connectivity index (χ0v) is 8.39. The van der Waals surface area contributed by atoms with Crippen LogP contribution in [-0.2, 0) is 0 Å². The van der Waals surface area contributed by atoms with E-state index in [4.69, 9.17) is 4.42 Å². The molecule has 0 radical (unpaired) electrons. The van der Waals surface area contributed by atoms with Gasteiger partial charge < -0.3 is 4.42 Å². The molecule has 0 bridgehead atoms. The molecule has 1 aromatic heterocycles. The fourth-order valence-corrected chi connectivity index (χ4v) is 1.41. The van der Waals surface area contributed by atoms with E-state index in [9.17, 15) is 0 Å². The van der Waals surface area contributed by atoms with E-state index in [2.05, 4.69) is 12.6 Å². The molecule has 0 aliphatic heterocycles. The summed E-state index contributed by atoms with van der Waals surface area (Å²) in [5.74, 6) is 0.855. The summed E-state index contributed by atoms with van der Waals surface area (Å²) in [4.78, 5) is 0. The molecule has 74 valence electrons. The molecule has 0 saturated carbocycles. The Kier molecular flexibility index (Phi) is 2.84. The second-order valence-corrected chi connectivity index (χ2v) is 3.18. The van der Waals surface area contributed by atoms with Crippen LogP contribution >= 0.6 is 0 Å². The van der Waals surface area contributed by atoms with E-state index in [-0.39, 0.29) is 0 Å². The molecular weight excluding hydrogens is 184 g/mol. The van der Waals surface area contributed by atoms with E-state index < -0.39 is 0 Å². The Labute approximate surface area is 89.4 Å². The highest BCUT2D eigenvalue weighted by Gasteiger charge is 1.93. The van der Waals surface area contributed by atoms with E-state index in [1.165, 1.54) is 0 Å². The van der Waals surface area contributed by atoms with Crippen LogP contribution < -0.4 is 0 Å². The highest BCUT2D eigenvalue weighted by Crippen LogP contribution is 2.14. The maximum absolute atomic E-state index is 5.22. The van der Waals surface area contributed by atoms with Crippen molar-refractivity contribution in [3.63, 3.8) is 0 Å². The molecule has 2 aromatic rings. The first-order valence-electron chi connectivity index (χ1n) is 4.83. The number of hydrogen-bond acceptors (Lipinski definition) is 1. The highest BCUT2D eigenvalue weighted by molar-refractivity contribution is 5.73. The van der Waals surface area contributed by atoms with Crippen LogP contribution in [0.2, 0.25) is 0 Å². The Bertz CT molecular complexity index is 464. The molecule has 0 amide bonds. The standard InChI is InChI=1S/C14H12O/c1-2-12-6-3-4-7-13(12)9-10-14-8-5-11-15-14/h2-11H,1H2/b10-9+. The topological polar surface area (TPSA) is 13.1 Å². The van der Waals surface area contributed by atoms with Gasteiger partial charge in [0.2, 0.25) is 0 Å². The van der Waals surface area contributed by atoms with Crippen molar-refractivity contribution < 1.29 is 4.42 Å². The van der Waals surface area contributed by atoms with Gasteiger partial charge in [-0.3, -0.25) is 0 Å². The summed E-state index contributed by atoms with van der Waals surface area (Å²) in [6.45, 7) is 3.78. The van der Waals surface area contributed by atoms with Crippen LogP contribution in [-0.4, -0.2) is 0 Å².